The van der Waals surface area contributed by atoms with Gasteiger partial charge in [-0.25, -0.2) is 8.42 Å². The van der Waals surface area contributed by atoms with Crippen molar-refractivity contribution < 1.29 is 13.2 Å². The molecule has 0 heterocycles. The van der Waals surface area contributed by atoms with Gasteiger partial charge in [-0.1, -0.05) is 35.9 Å². The van der Waals surface area contributed by atoms with E-state index in [0.29, 0.717) is 22.0 Å². The number of carbonyl (C=O) groups is 1. The molecule has 0 aliphatic heterocycles. The Labute approximate surface area is 203 Å². The highest BCUT2D eigenvalue weighted by Gasteiger charge is 2.14. The molecule has 3 aromatic rings. The monoisotopic (exact) mass is 499 g/mol. The lowest BCUT2D eigenvalue weighted by molar-refractivity contribution is -0.115. The van der Waals surface area contributed by atoms with Crippen LogP contribution < -0.4 is 15.4 Å². The molecule has 170 valence electrons. The molecule has 33 heavy (non-hydrogen) atoms. The lowest BCUT2D eigenvalue weighted by Gasteiger charge is -2.11. The van der Waals surface area contributed by atoms with E-state index in [9.17, 15) is 13.2 Å². The first kappa shape index (κ1) is 24.4. The maximum Gasteiger partial charge on any atom is 0.261 e. The molecule has 0 aromatic heterocycles. The molecular formula is C24H22ClN3O3S2. The number of nitrogens with one attached hydrogen (secondary N) is 3. The van der Waals surface area contributed by atoms with E-state index in [1.54, 1.807) is 48.5 Å². The van der Waals surface area contributed by atoms with E-state index in [-0.39, 0.29) is 10.0 Å². The van der Waals surface area contributed by atoms with Gasteiger partial charge in [-0.2, -0.15) is 0 Å². The normalized spacial score (nSPS) is 11.2. The van der Waals surface area contributed by atoms with Gasteiger partial charge < -0.3 is 5.32 Å². The molecule has 3 rings (SSSR count). The van der Waals surface area contributed by atoms with Gasteiger partial charge in [-0.15, -0.1) is 0 Å². The molecule has 0 bridgehead atoms. The molecule has 6 nitrogen and oxygen atoms in total. The zero-order valence-corrected chi connectivity index (χ0v) is 20.3. The number of hydrogen-bond donors (Lipinski definition) is 3. The second-order valence-electron chi connectivity index (χ2n) is 7.30. The van der Waals surface area contributed by atoms with Crippen LogP contribution in [0, 0.1) is 13.8 Å². The average molecular weight is 500 g/mol. The Morgan fingerprint density at radius 1 is 0.939 bits per heavy atom. The van der Waals surface area contributed by atoms with Crippen molar-refractivity contribution in [3.8, 4) is 0 Å². The zero-order valence-electron chi connectivity index (χ0n) is 17.9. The Hall–Kier alpha value is -3.20. The minimum atomic E-state index is -3.75. The van der Waals surface area contributed by atoms with Crippen molar-refractivity contribution >= 4 is 62.3 Å². The van der Waals surface area contributed by atoms with Gasteiger partial charge >= 0.3 is 0 Å². The van der Waals surface area contributed by atoms with Gasteiger partial charge in [-0.05, 0) is 91.3 Å². The summed E-state index contributed by atoms with van der Waals surface area (Å²) in [5.41, 5.74) is 3.66. The molecule has 3 aromatic carbocycles. The topological polar surface area (TPSA) is 87.3 Å². The lowest BCUT2D eigenvalue weighted by Crippen LogP contribution is -2.32. The highest BCUT2D eigenvalue weighted by Crippen LogP contribution is 2.20. The van der Waals surface area contributed by atoms with Crippen molar-refractivity contribution in [2.75, 3.05) is 10.0 Å². The first-order valence-corrected chi connectivity index (χ1v) is 12.1. The third-order valence-electron chi connectivity index (χ3n) is 4.45. The smallest absolute Gasteiger partial charge is 0.261 e. The second kappa shape index (κ2) is 10.6. The summed E-state index contributed by atoms with van der Waals surface area (Å²) in [5, 5.41) is 5.99. The Bertz CT molecular complexity index is 1300. The quantitative estimate of drug-likeness (QED) is 0.317. The number of thiocarbonyl (C=S) groups is 1. The fraction of sp³-hybridized carbons (Fsp3) is 0.0833. The van der Waals surface area contributed by atoms with Crippen molar-refractivity contribution in [2.45, 2.75) is 18.7 Å². The fourth-order valence-corrected chi connectivity index (χ4v) is 4.51. The number of amides is 1. The van der Waals surface area contributed by atoms with Crippen LogP contribution in [0.15, 0.2) is 77.7 Å². The number of rotatable bonds is 6. The summed E-state index contributed by atoms with van der Waals surface area (Å²) < 4.78 is 28.0. The van der Waals surface area contributed by atoms with E-state index >= 15 is 0 Å². The van der Waals surface area contributed by atoms with Crippen LogP contribution in [-0.2, 0) is 14.8 Å². The number of carbonyl (C=O) groups excluding carboxylic acids is 1. The van der Waals surface area contributed by atoms with Gasteiger partial charge in [0.2, 0.25) is 5.91 Å². The van der Waals surface area contributed by atoms with Gasteiger partial charge in [0.25, 0.3) is 10.0 Å². The van der Waals surface area contributed by atoms with E-state index in [2.05, 4.69) is 15.4 Å². The predicted molar refractivity (Wildman–Crippen MR) is 138 cm³/mol. The first-order chi connectivity index (χ1) is 15.6. The van der Waals surface area contributed by atoms with Crippen LogP contribution in [-0.4, -0.2) is 19.4 Å². The summed E-state index contributed by atoms with van der Waals surface area (Å²) in [4.78, 5) is 12.2. The molecule has 0 atom stereocenters. The van der Waals surface area contributed by atoms with Crippen LogP contribution in [0.4, 0.5) is 11.4 Å². The van der Waals surface area contributed by atoms with Crippen LogP contribution >= 0.6 is 23.8 Å². The highest BCUT2D eigenvalue weighted by molar-refractivity contribution is 7.92. The maximum atomic E-state index is 12.7. The van der Waals surface area contributed by atoms with Crippen molar-refractivity contribution in [1.82, 2.24) is 5.32 Å². The molecule has 0 spiro atoms. The second-order valence-corrected chi connectivity index (χ2v) is 9.80. The largest absolute Gasteiger partial charge is 0.332 e. The SMILES string of the molecule is Cc1cc(C)cc(NS(=O)(=O)c2ccc(NC(=S)NC(=O)C=Cc3ccccc3Cl)cc2)c1. The number of anilines is 2. The molecule has 0 saturated heterocycles. The van der Waals surface area contributed by atoms with Crippen molar-refractivity contribution in [2.24, 2.45) is 0 Å². The Balaban J connectivity index is 1.59. The van der Waals surface area contributed by atoms with Gasteiger partial charge in [0, 0.05) is 22.5 Å². The summed E-state index contributed by atoms with van der Waals surface area (Å²) in [5.74, 6) is -0.427. The third-order valence-corrected chi connectivity index (χ3v) is 6.40. The molecule has 1 amide bonds. The lowest BCUT2D eigenvalue weighted by atomic mass is 10.1. The van der Waals surface area contributed by atoms with Gasteiger partial charge in [0.15, 0.2) is 5.11 Å². The first-order valence-electron chi connectivity index (χ1n) is 9.88. The molecule has 0 radical (unpaired) electrons. The van der Waals surface area contributed by atoms with Gasteiger partial charge in [0.1, 0.15) is 0 Å². The van der Waals surface area contributed by atoms with E-state index in [0.717, 1.165) is 11.1 Å². The summed E-state index contributed by atoms with van der Waals surface area (Å²) in [6.07, 6.45) is 2.91. The number of halogens is 1. The number of hydrogen-bond acceptors (Lipinski definition) is 4. The van der Waals surface area contributed by atoms with Crippen LogP contribution in [0.3, 0.4) is 0 Å². The average Bonchev–Trinajstić information content (AvgIpc) is 2.72. The molecule has 0 aliphatic rings. The van der Waals surface area contributed by atoms with Crippen LogP contribution in [0.1, 0.15) is 16.7 Å². The molecule has 0 fully saturated rings. The van der Waals surface area contributed by atoms with Crippen LogP contribution in [0.5, 0.6) is 0 Å². The van der Waals surface area contributed by atoms with Gasteiger partial charge in [-0.3, -0.25) is 14.8 Å². The zero-order chi connectivity index (χ0) is 24.0. The summed E-state index contributed by atoms with van der Waals surface area (Å²) >= 11 is 11.2. The number of sulfonamides is 1. The van der Waals surface area contributed by atoms with Crippen LogP contribution in [0.2, 0.25) is 5.02 Å². The number of benzene rings is 3. The summed E-state index contributed by atoms with van der Waals surface area (Å²) in [6, 6.07) is 18.7. The summed E-state index contributed by atoms with van der Waals surface area (Å²) in [6.45, 7) is 3.80. The van der Waals surface area contributed by atoms with E-state index in [1.165, 1.54) is 18.2 Å². The Kier molecular flexibility index (Phi) is 7.86. The highest BCUT2D eigenvalue weighted by atomic mass is 35.5. The Morgan fingerprint density at radius 3 is 2.21 bits per heavy atom. The standard InChI is InChI=1S/C24H22ClN3O3S2/c1-16-13-17(2)15-20(14-16)28-33(30,31)21-10-8-19(9-11-21)26-24(32)27-23(29)12-7-18-5-3-4-6-22(18)25/h3-15,28H,1-2H3,(H2,26,27,29,32). The summed E-state index contributed by atoms with van der Waals surface area (Å²) in [7, 11) is -3.75. The molecule has 0 unspecified atom stereocenters. The van der Waals surface area contributed by atoms with E-state index in [4.69, 9.17) is 23.8 Å². The van der Waals surface area contributed by atoms with E-state index < -0.39 is 15.9 Å². The predicted octanol–water partition coefficient (Wildman–Crippen LogP) is 5.28. The minimum absolute atomic E-state index is 0.0766. The maximum absolute atomic E-state index is 12.7. The molecule has 9 heteroatoms. The molecule has 0 saturated carbocycles. The van der Waals surface area contributed by atoms with Crippen molar-refractivity contribution in [3.05, 3.63) is 94.5 Å². The molecule has 0 aliphatic carbocycles. The van der Waals surface area contributed by atoms with Crippen LogP contribution in [0.25, 0.3) is 6.08 Å². The third kappa shape index (κ3) is 7.15. The fourth-order valence-electron chi connectivity index (χ4n) is 3.06. The number of aryl methyl sites for hydroxylation is 2. The molecular weight excluding hydrogens is 478 g/mol. The van der Waals surface area contributed by atoms with E-state index in [1.807, 2.05) is 26.0 Å². The Morgan fingerprint density at radius 2 is 1.58 bits per heavy atom. The van der Waals surface area contributed by atoms with Crippen molar-refractivity contribution in [1.29, 1.82) is 0 Å². The van der Waals surface area contributed by atoms with Crippen molar-refractivity contribution in [3.63, 3.8) is 0 Å². The van der Waals surface area contributed by atoms with Gasteiger partial charge in [0.05, 0.1) is 4.90 Å². The molecule has 3 N–H and O–H groups in total. The minimum Gasteiger partial charge on any atom is -0.332 e.